The maximum Gasteiger partial charge on any atom is 0.410 e. The summed E-state index contributed by atoms with van der Waals surface area (Å²) in [7, 11) is -4.20. The van der Waals surface area contributed by atoms with Gasteiger partial charge in [0.2, 0.25) is 21.8 Å². The van der Waals surface area contributed by atoms with Crippen LogP contribution >= 0.6 is 0 Å². The van der Waals surface area contributed by atoms with E-state index in [4.69, 9.17) is 18.6 Å². The summed E-state index contributed by atoms with van der Waals surface area (Å²) >= 11 is 0. The Bertz CT molecular complexity index is 1550. The van der Waals surface area contributed by atoms with Crippen molar-refractivity contribution in [2.45, 2.75) is 136 Å². The van der Waals surface area contributed by atoms with Crippen LogP contribution in [-0.4, -0.2) is 111 Å². The minimum atomic E-state index is -4.20. The molecule has 0 saturated carbocycles. The van der Waals surface area contributed by atoms with Crippen LogP contribution in [0.15, 0.2) is 15.4 Å². The van der Waals surface area contributed by atoms with Crippen molar-refractivity contribution in [2.75, 3.05) is 45.9 Å². The van der Waals surface area contributed by atoms with Crippen LogP contribution < -0.4 is 15.4 Å². The number of hydrogen-bond donors (Lipinski definition) is 3. The van der Waals surface area contributed by atoms with Gasteiger partial charge in [-0.3, -0.25) is 14.4 Å². The zero-order valence-corrected chi connectivity index (χ0v) is 35.6. The van der Waals surface area contributed by atoms with Gasteiger partial charge < -0.3 is 39.1 Å². The van der Waals surface area contributed by atoms with E-state index in [-0.39, 0.29) is 47.8 Å². The molecule has 16 nitrogen and oxygen atoms in total. The van der Waals surface area contributed by atoms with E-state index in [1.807, 2.05) is 41.5 Å². The summed E-state index contributed by atoms with van der Waals surface area (Å²) in [5, 5.41) is 5.29. The molecule has 0 radical (unpaired) electrons. The fourth-order valence-corrected chi connectivity index (χ4v) is 8.30. The molecular weight excluding hydrogens is 747 g/mol. The monoisotopic (exact) mass is 811 g/mol. The third kappa shape index (κ3) is 15.6. The Morgan fingerprint density at radius 1 is 0.821 bits per heavy atom. The summed E-state index contributed by atoms with van der Waals surface area (Å²) in [6.07, 6.45) is 5.29. The molecule has 0 bridgehead atoms. The number of amides is 4. The molecule has 3 N–H and O–H groups in total. The van der Waals surface area contributed by atoms with Crippen LogP contribution in [0.2, 0.25) is 0 Å². The maximum absolute atomic E-state index is 13.6. The predicted molar refractivity (Wildman–Crippen MR) is 208 cm³/mol. The number of carbonyl (C=O) groups is 5. The largest absolute Gasteiger partial charge is 0.465 e. The minimum absolute atomic E-state index is 0.00198. The lowest BCUT2D eigenvalue weighted by Gasteiger charge is -2.34. The van der Waals surface area contributed by atoms with Crippen LogP contribution in [-0.2, 0) is 38.6 Å². The molecular formula is C39H65N5O11S. The van der Waals surface area contributed by atoms with Crippen molar-refractivity contribution in [2.24, 2.45) is 17.8 Å². The molecule has 2 fully saturated rings. The number of likely N-dealkylation sites (tertiary alicyclic amines) is 2. The average molecular weight is 812 g/mol. The summed E-state index contributed by atoms with van der Waals surface area (Å²) in [5.41, 5.74) is -1.14. The summed E-state index contributed by atoms with van der Waals surface area (Å²) in [6.45, 7) is 17.2. The standard InChI is InChI=1S/C39H65N5O11S/c1-10-52-35(47)31(42-56(50,51)32-23-26(2)53-27(32)3)24-40-33(45)25-41-34(46)30(13-11-28-15-19-43(20-16-28)36(48)54-38(4,5)6)14-12-29-17-21-44(22-18-29)37(49)55-39(7,8)9/h23,28-31,42H,10-22,24-25H2,1-9H3,(H,40,45)(H,41,46)/t31-/m0/s1. The van der Waals surface area contributed by atoms with Crippen molar-refractivity contribution >= 4 is 40.0 Å². The van der Waals surface area contributed by atoms with E-state index < -0.39 is 45.7 Å². The molecule has 2 aliphatic heterocycles. The quantitative estimate of drug-likeness (QED) is 0.153. The molecule has 1 atom stereocenters. The van der Waals surface area contributed by atoms with E-state index in [2.05, 4.69) is 15.4 Å². The topological polar surface area (TPSA) is 203 Å². The number of aryl methyl sites for hydroxylation is 2. The summed E-state index contributed by atoms with van der Waals surface area (Å²) in [5.74, 6) is -0.952. The molecule has 3 rings (SSSR count). The van der Waals surface area contributed by atoms with Gasteiger partial charge in [0, 0.05) is 38.6 Å². The first kappa shape index (κ1) is 46.5. The number of sulfonamides is 1. The minimum Gasteiger partial charge on any atom is -0.465 e. The number of ether oxygens (including phenoxy) is 3. The molecule has 17 heteroatoms. The van der Waals surface area contributed by atoms with E-state index >= 15 is 0 Å². The van der Waals surface area contributed by atoms with Gasteiger partial charge in [-0.1, -0.05) is 0 Å². The number of rotatable bonds is 16. The molecule has 2 saturated heterocycles. The van der Waals surface area contributed by atoms with Crippen LogP contribution in [0.1, 0.15) is 111 Å². The van der Waals surface area contributed by atoms with Gasteiger partial charge in [-0.15, -0.1) is 0 Å². The summed E-state index contributed by atoms with van der Waals surface area (Å²) < 4.78 is 49.9. The number of furan rings is 1. The number of carbonyl (C=O) groups excluding carboxylic acids is 5. The van der Waals surface area contributed by atoms with Crippen LogP contribution in [0.5, 0.6) is 0 Å². The van der Waals surface area contributed by atoms with Crippen molar-refractivity contribution in [3.05, 3.63) is 17.6 Å². The highest BCUT2D eigenvalue weighted by molar-refractivity contribution is 7.89. The molecule has 0 spiro atoms. The molecule has 1 aromatic heterocycles. The molecule has 3 heterocycles. The van der Waals surface area contributed by atoms with E-state index in [1.54, 1.807) is 23.6 Å². The van der Waals surface area contributed by atoms with Gasteiger partial charge in [-0.25, -0.2) is 18.0 Å². The Balaban J connectivity index is 1.59. The van der Waals surface area contributed by atoms with Crippen LogP contribution in [0.4, 0.5) is 9.59 Å². The van der Waals surface area contributed by atoms with Gasteiger partial charge in [-0.2, -0.15) is 4.72 Å². The van der Waals surface area contributed by atoms with Crippen molar-refractivity contribution in [3.8, 4) is 0 Å². The predicted octanol–water partition coefficient (Wildman–Crippen LogP) is 4.81. The van der Waals surface area contributed by atoms with Crippen molar-refractivity contribution in [1.82, 2.24) is 25.2 Å². The van der Waals surface area contributed by atoms with Gasteiger partial charge in [0.25, 0.3) is 0 Å². The Morgan fingerprint density at radius 3 is 1.71 bits per heavy atom. The second-order valence-electron chi connectivity index (χ2n) is 16.9. The lowest BCUT2D eigenvalue weighted by molar-refractivity contribution is -0.145. The number of piperidine rings is 2. The Hall–Kier alpha value is -3.86. The summed E-state index contributed by atoms with van der Waals surface area (Å²) in [4.78, 5) is 67.7. The molecule has 0 aliphatic carbocycles. The Morgan fingerprint density at radius 2 is 1.30 bits per heavy atom. The van der Waals surface area contributed by atoms with Gasteiger partial charge in [0.15, 0.2) is 0 Å². The highest BCUT2D eigenvalue weighted by atomic mass is 32.2. The first-order valence-electron chi connectivity index (χ1n) is 19.8. The summed E-state index contributed by atoms with van der Waals surface area (Å²) in [6, 6.07) is -0.0879. The SMILES string of the molecule is CCOC(=O)[C@H](CNC(=O)CNC(=O)C(CCC1CCN(C(=O)OC(C)(C)C)CC1)CCC1CCN(C(=O)OC(C)(C)C)CC1)NS(=O)(=O)c1cc(C)oc1C. The first-order chi connectivity index (χ1) is 26.1. The molecule has 56 heavy (non-hydrogen) atoms. The fraction of sp³-hybridized carbons (Fsp3) is 0.769. The highest BCUT2D eigenvalue weighted by Crippen LogP contribution is 2.30. The maximum atomic E-state index is 13.6. The van der Waals surface area contributed by atoms with Gasteiger partial charge >= 0.3 is 18.2 Å². The number of hydrogen-bond acceptors (Lipinski definition) is 11. The van der Waals surface area contributed by atoms with Crippen molar-refractivity contribution < 1.29 is 51.0 Å². The van der Waals surface area contributed by atoms with Gasteiger partial charge in [0.05, 0.1) is 13.2 Å². The van der Waals surface area contributed by atoms with Crippen LogP contribution in [0, 0.1) is 31.6 Å². The van der Waals surface area contributed by atoms with E-state index in [0.29, 0.717) is 56.6 Å². The van der Waals surface area contributed by atoms with Crippen LogP contribution in [0.3, 0.4) is 0 Å². The van der Waals surface area contributed by atoms with Crippen LogP contribution in [0.25, 0.3) is 0 Å². The van der Waals surface area contributed by atoms with E-state index in [0.717, 1.165) is 38.5 Å². The van der Waals surface area contributed by atoms with Gasteiger partial charge in [0.1, 0.15) is 33.7 Å². The molecule has 4 amide bonds. The normalized spacial score (nSPS) is 16.7. The fourth-order valence-electron chi connectivity index (χ4n) is 6.87. The Labute approximate surface area is 332 Å². The third-order valence-electron chi connectivity index (χ3n) is 9.83. The molecule has 318 valence electrons. The van der Waals surface area contributed by atoms with Gasteiger partial charge in [-0.05, 0) is 132 Å². The molecule has 0 aromatic carbocycles. The molecule has 0 unspecified atom stereocenters. The highest BCUT2D eigenvalue weighted by Gasteiger charge is 2.32. The molecule has 2 aliphatic rings. The first-order valence-corrected chi connectivity index (χ1v) is 21.3. The number of nitrogens with zero attached hydrogens (tertiary/aromatic N) is 2. The van der Waals surface area contributed by atoms with Crippen molar-refractivity contribution in [1.29, 1.82) is 0 Å². The second kappa shape index (κ2) is 20.5. The lowest BCUT2D eigenvalue weighted by Crippen LogP contribution is -2.50. The number of esters is 1. The van der Waals surface area contributed by atoms with E-state index in [9.17, 15) is 32.4 Å². The number of nitrogens with one attached hydrogen (secondary N) is 3. The van der Waals surface area contributed by atoms with Crippen molar-refractivity contribution in [3.63, 3.8) is 0 Å². The van der Waals surface area contributed by atoms with E-state index in [1.165, 1.54) is 13.0 Å². The Kier molecular flexibility index (Phi) is 17.1. The third-order valence-corrected chi connectivity index (χ3v) is 11.4. The molecule has 1 aromatic rings. The zero-order valence-electron chi connectivity index (χ0n) is 34.8. The average Bonchev–Trinajstić information content (AvgIpc) is 3.46. The second-order valence-corrected chi connectivity index (χ2v) is 18.6. The lowest BCUT2D eigenvalue weighted by atomic mass is 9.84. The smallest absolute Gasteiger partial charge is 0.410 e. The zero-order chi connectivity index (χ0) is 41.8.